The fourth-order valence-corrected chi connectivity index (χ4v) is 2.21. The first-order valence-corrected chi connectivity index (χ1v) is 6.23. The van der Waals surface area contributed by atoms with Gasteiger partial charge in [-0.2, -0.15) is 0 Å². The smallest absolute Gasteiger partial charge is 0.115 e. The Balaban J connectivity index is 2.17. The van der Waals surface area contributed by atoms with Crippen molar-refractivity contribution in [2.24, 2.45) is 5.73 Å². The van der Waals surface area contributed by atoms with E-state index in [9.17, 15) is 5.11 Å². The second-order valence-electron chi connectivity index (χ2n) is 4.72. The van der Waals surface area contributed by atoms with Crippen molar-refractivity contribution in [3.8, 4) is 5.75 Å². The Labute approximate surface area is 108 Å². The molecule has 0 bridgehead atoms. The number of aryl methyl sites for hydroxylation is 1. The zero-order valence-electron chi connectivity index (χ0n) is 10.6. The molecule has 0 saturated heterocycles. The maximum absolute atomic E-state index is 9.31. The lowest BCUT2D eigenvalue weighted by Crippen LogP contribution is -2.15. The minimum atomic E-state index is 0.296. The molecular formula is C16H19NO. The van der Waals surface area contributed by atoms with E-state index < -0.39 is 0 Å². The van der Waals surface area contributed by atoms with E-state index in [4.69, 9.17) is 5.73 Å². The van der Waals surface area contributed by atoms with Gasteiger partial charge in [-0.3, -0.25) is 0 Å². The quantitative estimate of drug-likeness (QED) is 0.864. The monoisotopic (exact) mass is 241 g/mol. The molecule has 94 valence electrons. The lowest BCUT2D eigenvalue weighted by Gasteiger charge is -2.15. The molecule has 0 saturated carbocycles. The van der Waals surface area contributed by atoms with Gasteiger partial charge in [-0.25, -0.2) is 0 Å². The number of rotatable bonds is 4. The molecule has 2 nitrogen and oxygen atoms in total. The predicted octanol–water partition coefficient (Wildman–Crippen LogP) is 2.99. The molecule has 0 aliphatic rings. The maximum Gasteiger partial charge on any atom is 0.115 e. The number of aromatic hydroxyl groups is 1. The SMILES string of the molecule is Cc1cccc(CC(CN)c2ccc(O)cc2)c1. The largest absolute Gasteiger partial charge is 0.508 e. The average molecular weight is 241 g/mol. The van der Waals surface area contributed by atoms with Gasteiger partial charge in [-0.15, -0.1) is 0 Å². The highest BCUT2D eigenvalue weighted by molar-refractivity contribution is 5.31. The molecular weight excluding hydrogens is 222 g/mol. The lowest BCUT2D eigenvalue weighted by molar-refractivity contribution is 0.475. The third-order valence-electron chi connectivity index (χ3n) is 3.21. The van der Waals surface area contributed by atoms with Crippen molar-refractivity contribution in [3.05, 3.63) is 65.2 Å². The van der Waals surface area contributed by atoms with Crippen LogP contribution in [0.15, 0.2) is 48.5 Å². The topological polar surface area (TPSA) is 46.2 Å². The lowest BCUT2D eigenvalue weighted by atomic mass is 9.91. The van der Waals surface area contributed by atoms with Crippen LogP contribution >= 0.6 is 0 Å². The van der Waals surface area contributed by atoms with Gasteiger partial charge in [0, 0.05) is 5.92 Å². The Kier molecular flexibility index (Phi) is 4.00. The first kappa shape index (κ1) is 12.7. The summed E-state index contributed by atoms with van der Waals surface area (Å²) in [6, 6.07) is 15.8. The fourth-order valence-electron chi connectivity index (χ4n) is 2.21. The summed E-state index contributed by atoms with van der Waals surface area (Å²) in [5, 5.41) is 9.31. The van der Waals surface area contributed by atoms with Crippen LogP contribution in [0.3, 0.4) is 0 Å². The summed E-state index contributed by atoms with van der Waals surface area (Å²) in [4.78, 5) is 0. The van der Waals surface area contributed by atoms with E-state index in [1.54, 1.807) is 12.1 Å². The first-order valence-electron chi connectivity index (χ1n) is 6.23. The molecule has 18 heavy (non-hydrogen) atoms. The van der Waals surface area contributed by atoms with E-state index in [-0.39, 0.29) is 0 Å². The summed E-state index contributed by atoms with van der Waals surface area (Å²) in [5.74, 6) is 0.595. The van der Waals surface area contributed by atoms with Crippen LogP contribution in [0, 0.1) is 6.92 Å². The molecule has 2 heteroatoms. The van der Waals surface area contributed by atoms with E-state index in [1.807, 2.05) is 12.1 Å². The van der Waals surface area contributed by atoms with Crippen LogP contribution in [0.25, 0.3) is 0 Å². The highest BCUT2D eigenvalue weighted by Gasteiger charge is 2.10. The molecule has 0 aliphatic carbocycles. The van der Waals surface area contributed by atoms with Crippen molar-refractivity contribution in [2.75, 3.05) is 6.54 Å². The molecule has 0 fully saturated rings. The van der Waals surface area contributed by atoms with E-state index in [0.717, 1.165) is 6.42 Å². The summed E-state index contributed by atoms with van der Waals surface area (Å²) in [6.45, 7) is 2.71. The van der Waals surface area contributed by atoms with Crippen LogP contribution in [-0.2, 0) is 6.42 Å². The molecule has 0 radical (unpaired) electrons. The number of phenols is 1. The third-order valence-corrected chi connectivity index (χ3v) is 3.21. The molecule has 0 spiro atoms. The van der Waals surface area contributed by atoms with Crippen molar-refractivity contribution in [2.45, 2.75) is 19.3 Å². The van der Waals surface area contributed by atoms with Crippen molar-refractivity contribution >= 4 is 0 Å². The second-order valence-corrected chi connectivity index (χ2v) is 4.72. The zero-order valence-corrected chi connectivity index (χ0v) is 10.6. The summed E-state index contributed by atoms with van der Waals surface area (Å²) in [5.41, 5.74) is 9.62. The van der Waals surface area contributed by atoms with E-state index in [1.165, 1.54) is 16.7 Å². The van der Waals surface area contributed by atoms with Crippen LogP contribution < -0.4 is 5.73 Å². The number of phenolic OH excluding ortho intramolecular Hbond substituents is 1. The van der Waals surface area contributed by atoms with Gasteiger partial charge in [0.25, 0.3) is 0 Å². The molecule has 1 unspecified atom stereocenters. The standard InChI is InChI=1S/C16H19NO/c1-12-3-2-4-13(9-12)10-15(11-17)14-5-7-16(18)8-6-14/h2-9,15,18H,10-11,17H2,1H3. The normalized spacial score (nSPS) is 12.3. The van der Waals surface area contributed by atoms with Crippen molar-refractivity contribution in [1.82, 2.24) is 0 Å². The van der Waals surface area contributed by atoms with Crippen LogP contribution in [0.4, 0.5) is 0 Å². The summed E-state index contributed by atoms with van der Waals surface area (Å²) >= 11 is 0. The Morgan fingerprint density at radius 2 is 1.83 bits per heavy atom. The fraction of sp³-hybridized carbons (Fsp3) is 0.250. The van der Waals surface area contributed by atoms with Gasteiger partial charge in [0.05, 0.1) is 0 Å². The van der Waals surface area contributed by atoms with Crippen LogP contribution in [0.2, 0.25) is 0 Å². The number of hydrogen-bond acceptors (Lipinski definition) is 2. The second kappa shape index (κ2) is 5.69. The molecule has 0 aliphatic heterocycles. The molecule has 2 aromatic rings. The van der Waals surface area contributed by atoms with Crippen LogP contribution in [0.1, 0.15) is 22.6 Å². The minimum absolute atomic E-state index is 0.296. The number of benzene rings is 2. The minimum Gasteiger partial charge on any atom is -0.508 e. The zero-order chi connectivity index (χ0) is 13.0. The van der Waals surface area contributed by atoms with Crippen LogP contribution in [0.5, 0.6) is 5.75 Å². The van der Waals surface area contributed by atoms with Gasteiger partial charge in [0.2, 0.25) is 0 Å². The molecule has 0 aromatic heterocycles. The maximum atomic E-state index is 9.31. The van der Waals surface area contributed by atoms with Crippen LogP contribution in [-0.4, -0.2) is 11.7 Å². The van der Waals surface area contributed by atoms with Crippen molar-refractivity contribution < 1.29 is 5.11 Å². The highest BCUT2D eigenvalue weighted by Crippen LogP contribution is 2.22. The van der Waals surface area contributed by atoms with Crippen molar-refractivity contribution in [1.29, 1.82) is 0 Å². The van der Waals surface area contributed by atoms with Gasteiger partial charge in [-0.05, 0) is 43.1 Å². The highest BCUT2D eigenvalue weighted by atomic mass is 16.3. The Morgan fingerprint density at radius 3 is 2.44 bits per heavy atom. The van der Waals surface area contributed by atoms with Gasteiger partial charge in [-0.1, -0.05) is 42.0 Å². The van der Waals surface area contributed by atoms with E-state index in [2.05, 4.69) is 31.2 Å². The number of nitrogens with two attached hydrogens (primary N) is 1. The van der Waals surface area contributed by atoms with E-state index in [0.29, 0.717) is 18.2 Å². The summed E-state index contributed by atoms with van der Waals surface area (Å²) < 4.78 is 0. The van der Waals surface area contributed by atoms with Gasteiger partial charge < -0.3 is 10.8 Å². The Hall–Kier alpha value is -1.80. The molecule has 2 rings (SSSR count). The van der Waals surface area contributed by atoms with E-state index >= 15 is 0 Å². The summed E-state index contributed by atoms with van der Waals surface area (Å²) in [7, 11) is 0. The molecule has 0 heterocycles. The van der Waals surface area contributed by atoms with Gasteiger partial charge >= 0.3 is 0 Å². The third kappa shape index (κ3) is 3.11. The molecule has 3 N–H and O–H groups in total. The molecule has 2 aromatic carbocycles. The summed E-state index contributed by atoms with van der Waals surface area (Å²) in [6.07, 6.45) is 0.933. The Bertz CT molecular complexity index is 505. The number of hydrogen-bond donors (Lipinski definition) is 2. The van der Waals surface area contributed by atoms with Gasteiger partial charge in [0.1, 0.15) is 5.75 Å². The average Bonchev–Trinajstić information content (AvgIpc) is 2.37. The van der Waals surface area contributed by atoms with Crippen molar-refractivity contribution in [3.63, 3.8) is 0 Å². The first-order chi connectivity index (χ1) is 8.69. The Morgan fingerprint density at radius 1 is 1.11 bits per heavy atom. The molecule has 1 atom stereocenters. The van der Waals surface area contributed by atoms with Gasteiger partial charge in [0.15, 0.2) is 0 Å². The molecule has 0 amide bonds. The predicted molar refractivity (Wildman–Crippen MR) is 74.8 cm³/mol.